The number of allylic oxidation sites excluding steroid dienone is 4. The quantitative estimate of drug-likeness (QED) is 0.687. The maximum absolute atomic E-state index is 9.11. The standard InChI is InChI=1S/C19H22N4/c1-14(5-3-4-9-20)17(8-10-22-2)15-6-7-18-16(12-21)13-23-19(18)11-15/h3-7,9,11,13,17,22-23H,1,8,10,20H2,2H3/b5-3-,9-4-. The van der Waals surface area contributed by atoms with Crippen molar-refractivity contribution >= 4 is 10.9 Å². The number of rotatable bonds is 7. The SMILES string of the molecule is C=C(/C=C\C=C/N)C(CCNC)c1ccc2c(C#N)c[nH]c2c1. The van der Waals surface area contributed by atoms with Crippen molar-refractivity contribution in [3.8, 4) is 6.07 Å². The fourth-order valence-corrected chi connectivity index (χ4v) is 2.67. The molecule has 23 heavy (non-hydrogen) atoms. The molecule has 4 nitrogen and oxygen atoms in total. The second-order valence-corrected chi connectivity index (χ2v) is 5.38. The highest BCUT2D eigenvalue weighted by Gasteiger charge is 2.14. The Kier molecular flexibility index (Phi) is 5.79. The van der Waals surface area contributed by atoms with Gasteiger partial charge in [-0.15, -0.1) is 0 Å². The highest BCUT2D eigenvalue weighted by molar-refractivity contribution is 5.86. The average molecular weight is 306 g/mol. The molecule has 2 aromatic rings. The summed E-state index contributed by atoms with van der Waals surface area (Å²) in [7, 11) is 1.94. The van der Waals surface area contributed by atoms with Gasteiger partial charge in [-0.1, -0.05) is 30.9 Å². The molecule has 0 fully saturated rings. The van der Waals surface area contributed by atoms with Crippen LogP contribution in [0.2, 0.25) is 0 Å². The van der Waals surface area contributed by atoms with Crippen LogP contribution in [0.5, 0.6) is 0 Å². The minimum Gasteiger partial charge on any atom is -0.405 e. The Labute approximate surface area is 137 Å². The second-order valence-electron chi connectivity index (χ2n) is 5.38. The lowest BCUT2D eigenvalue weighted by Gasteiger charge is -2.18. The summed E-state index contributed by atoms with van der Waals surface area (Å²) in [4.78, 5) is 3.17. The van der Waals surface area contributed by atoms with Crippen LogP contribution in [0.15, 0.2) is 61.0 Å². The molecule has 0 radical (unpaired) electrons. The summed E-state index contributed by atoms with van der Waals surface area (Å²) >= 11 is 0. The van der Waals surface area contributed by atoms with Gasteiger partial charge in [0.1, 0.15) is 6.07 Å². The van der Waals surface area contributed by atoms with Gasteiger partial charge in [-0.2, -0.15) is 5.26 Å². The number of hydrogen-bond acceptors (Lipinski definition) is 3. The molecule has 4 heteroatoms. The van der Waals surface area contributed by atoms with E-state index >= 15 is 0 Å². The molecule has 4 N–H and O–H groups in total. The first-order valence-corrected chi connectivity index (χ1v) is 7.60. The van der Waals surface area contributed by atoms with Gasteiger partial charge in [-0.3, -0.25) is 0 Å². The number of nitrogens with one attached hydrogen (secondary N) is 2. The number of nitriles is 1. The molecular formula is C19H22N4. The topological polar surface area (TPSA) is 77.6 Å². The molecule has 0 amide bonds. The van der Waals surface area contributed by atoms with Crippen LogP contribution in [-0.2, 0) is 0 Å². The molecule has 1 aromatic carbocycles. The summed E-state index contributed by atoms with van der Waals surface area (Å²) in [6, 6.07) is 8.39. The molecule has 118 valence electrons. The lowest BCUT2D eigenvalue weighted by atomic mass is 9.88. The zero-order chi connectivity index (χ0) is 16.7. The van der Waals surface area contributed by atoms with Gasteiger partial charge in [0.05, 0.1) is 5.56 Å². The third-order valence-electron chi connectivity index (χ3n) is 3.89. The summed E-state index contributed by atoms with van der Waals surface area (Å²) < 4.78 is 0. The van der Waals surface area contributed by atoms with Crippen LogP contribution in [0.1, 0.15) is 23.5 Å². The van der Waals surface area contributed by atoms with E-state index < -0.39 is 0 Å². The monoisotopic (exact) mass is 306 g/mol. The molecule has 1 unspecified atom stereocenters. The van der Waals surface area contributed by atoms with Gasteiger partial charge in [0.15, 0.2) is 0 Å². The van der Waals surface area contributed by atoms with Gasteiger partial charge in [-0.05, 0) is 49.5 Å². The zero-order valence-corrected chi connectivity index (χ0v) is 13.3. The minimum atomic E-state index is 0.211. The Morgan fingerprint density at radius 3 is 3.00 bits per heavy atom. The van der Waals surface area contributed by atoms with Gasteiger partial charge < -0.3 is 16.0 Å². The van der Waals surface area contributed by atoms with Crippen molar-refractivity contribution in [3.63, 3.8) is 0 Å². The van der Waals surface area contributed by atoms with Gasteiger partial charge in [0, 0.05) is 23.0 Å². The first-order chi connectivity index (χ1) is 11.2. The number of nitrogens with zero attached hydrogens (tertiary/aromatic N) is 1. The van der Waals surface area contributed by atoms with E-state index in [2.05, 4.69) is 35.1 Å². The predicted octanol–water partition coefficient (Wildman–Crippen LogP) is 3.32. The van der Waals surface area contributed by atoms with Gasteiger partial charge >= 0.3 is 0 Å². The Morgan fingerprint density at radius 1 is 1.48 bits per heavy atom. The molecule has 2 rings (SSSR count). The first-order valence-electron chi connectivity index (χ1n) is 7.60. The fourth-order valence-electron chi connectivity index (χ4n) is 2.67. The van der Waals surface area contributed by atoms with Crippen LogP contribution in [0, 0.1) is 11.3 Å². The third-order valence-corrected chi connectivity index (χ3v) is 3.89. The van der Waals surface area contributed by atoms with Crippen molar-refractivity contribution in [3.05, 3.63) is 72.1 Å². The van der Waals surface area contributed by atoms with Crippen LogP contribution in [0.3, 0.4) is 0 Å². The summed E-state index contributed by atoms with van der Waals surface area (Å²) in [5.74, 6) is 0.211. The number of hydrogen-bond donors (Lipinski definition) is 3. The maximum atomic E-state index is 9.11. The van der Waals surface area contributed by atoms with Crippen LogP contribution >= 0.6 is 0 Å². The molecular weight excluding hydrogens is 284 g/mol. The van der Waals surface area contributed by atoms with Crippen LogP contribution in [-0.4, -0.2) is 18.6 Å². The van der Waals surface area contributed by atoms with Gasteiger partial charge in [-0.25, -0.2) is 0 Å². The van der Waals surface area contributed by atoms with E-state index in [0.717, 1.165) is 29.4 Å². The predicted molar refractivity (Wildman–Crippen MR) is 95.9 cm³/mol. The van der Waals surface area contributed by atoms with Crippen molar-refractivity contribution in [2.75, 3.05) is 13.6 Å². The summed E-state index contributed by atoms with van der Waals surface area (Å²) in [5.41, 5.74) is 9.23. The molecule has 1 atom stereocenters. The molecule has 1 heterocycles. The minimum absolute atomic E-state index is 0.211. The van der Waals surface area contributed by atoms with Crippen LogP contribution < -0.4 is 11.1 Å². The normalized spacial score (nSPS) is 12.9. The van der Waals surface area contributed by atoms with E-state index in [0.29, 0.717) is 5.56 Å². The molecule has 0 bridgehead atoms. The van der Waals surface area contributed by atoms with Crippen molar-refractivity contribution in [2.45, 2.75) is 12.3 Å². The first kappa shape index (κ1) is 16.6. The molecule has 0 spiro atoms. The Hall–Kier alpha value is -2.77. The van der Waals surface area contributed by atoms with E-state index in [-0.39, 0.29) is 5.92 Å². The Morgan fingerprint density at radius 2 is 2.30 bits per heavy atom. The summed E-state index contributed by atoms with van der Waals surface area (Å²) in [6.45, 7) is 5.11. The fraction of sp³-hybridized carbons (Fsp3) is 0.211. The van der Waals surface area contributed by atoms with Gasteiger partial charge in [0.2, 0.25) is 0 Å². The van der Waals surface area contributed by atoms with Crippen molar-refractivity contribution in [1.29, 1.82) is 5.26 Å². The number of H-pyrrole nitrogens is 1. The number of aromatic amines is 1. The highest BCUT2D eigenvalue weighted by Crippen LogP contribution is 2.30. The summed E-state index contributed by atoms with van der Waals surface area (Å²) in [5, 5.41) is 13.3. The van der Waals surface area contributed by atoms with E-state index in [9.17, 15) is 0 Å². The van der Waals surface area contributed by atoms with E-state index in [1.54, 1.807) is 12.3 Å². The third kappa shape index (κ3) is 3.91. The molecule has 0 saturated carbocycles. The lowest BCUT2D eigenvalue weighted by molar-refractivity contribution is 0.662. The zero-order valence-electron chi connectivity index (χ0n) is 13.3. The van der Waals surface area contributed by atoms with Crippen molar-refractivity contribution < 1.29 is 0 Å². The van der Waals surface area contributed by atoms with Gasteiger partial charge in [0.25, 0.3) is 0 Å². The van der Waals surface area contributed by atoms with E-state index in [1.165, 1.54) is 11.8 Å². The molecule has 0 aliphatic heterocycles. The van der Waals surface area contributed by atoms with Crippen molar-refractivity contribution in [2.24, 2.45) is 5.73 Å². The molecule has 0 aliphatic rings. The Bertz CT molecular complexity index is 774. The molecule has 1 aromatic heterocycles. The average Bonchev–Trinajstić information content (AvgIpc) is 2.98. The van der Waals surface area contributed by atoms with Crippen molar-refractivity contribution in [1.82, 2.24) is 10.3 Å². The molecule has 0 saturated heterocycles. The number of nitrogens with two attached hydrogens (primary N) is 1. The van der Waals surface area contributed by atoms with Crippen LogP contribution in [0.25, 0.3) is 10.9 Å². The lowest BCUT2D eigenvalue weighted by Crippen LogP contribution is -2.13. The molecule has 0 aliphatic carbocycles. The number of aromatic nitrogens is 1. The van der Waals surface area contributed by atoms with Crippen LogP contribution in [0.4, 0.5) is 0 Å². The van der Waals surface area contributed by atoms with E-state index in [1.807, 2.05) is 25.3 Å². The summed E-state index contributed by atoms with van der Waals surface area (Å²) in [6.07, 6.45) is 9.87. The smallest absolute Gasteiger partial charge is 0.101 e. The number of fused-ring (bicyclic) bond motifs is 1. The van der Waals surface area contributed by atoms with E-state index in [4.69, 9.17) is 11.0 Å². The Balaban J connectivity index is 2.34. The largest absolute Gasteiger partial charge is 0.405 e. The number of benzene rings is 1. The highest BCUT2D eigenvalue weighted by atomic mass is 14.8. The maximum Gasteiger partial charge on any atom is 0.101 e. The second kappa shape index (κ2) is 8.02.